The molecule has 3 N–H and O–H groups in total. The van der Waals surface area contributed by atoms with Crippen molar-refractivity contribution in [2.75, 3.05) is 16.7 Å². The second-order valence-electron chi connectivity index (χ2n) is 9.32. The largest absolute Gasteiger partial charge is 0.397 e. The summed E-state index contributed by atoms with van der Waals surface area (Å²) in [7, 11) is -3.48. The Morgan fingerprint density at radius 2 is 1.61 bits per heavy atom. The van der Waals surface area contributed by atoms with Crippen LogP contribution in [0.5, 0.6) is 0 Å². The van der Waals surface area contributed by atoms with E-state index in [9.17, 15) is 13.2 Å². The van der Waals surface area contributed by atoms with Gasteiger partial charge in [-0.2, -0.15) is 0 Å². The van der Waals surface area contributed by atoms with E-state index in [2.05, 4.69) is 14.7 Å². The predicted octanol–water partition coefficient (Wildman–Crippen LogP) is 4.91. The molecule has 0 aliphatic heterocycles. The van der Waals surface area contributed by atoms with Crippen LogP contribution in [-0.4, -0.2) is 38.8 Å². The number of nitrogens with zero attached hydrogens (tertiary/aromatic N) is 5. The topological polar surface area (TPSA) is 138 Å². The molecule has 3 aromatic carbocycles. The second kappa shape index (κ2) is 10.2. The van der Waals surface area contributed by atoms with E-state index in [1.807, 2.05) is 30.3 Å². The van der Waals surface area contributed by atoms with Gasteiger partial charge in [-0.1, -0.05) is 41.9 Å². The highest BCUT2D eigenvalue weighted by Crippen LogP contribution is 2.27. The van der Waals surface area contributed by atoms with Gasteiger partial charge in [-0.3, -0.25) is 23.6 Å². The molecule has 0 saturated heterocycles. The van der Waals surface area contributed by atoms with Gasteiger partial charge in [-0.15, -0.1) is 0 Å². The molecule has 0 atom stereocenters. The molecule has 0 saturated carbocycles. The molecular formula is C29H22ClN7O3S. The molecule has 3 aromatic heterocycles. The fraction of sp³-hybridized carbons (Fsp3) is 0.0345. The number of hydrogen-bond acceptors (Lipinski definition) is 7. The van der Waals surface area contributed by atoms with E-state index in [-0.39, 0.29) is 11.1 Å². The minimum Gasteiger partial charge on any atom is -0.397 e. The zero-order valence-electron chi connectivity index (χ0n) is 21.6. The van der Waals surface area contributed by atoms with E-state index < -0.39 is 10.0 Å². The first-order valence-corrected chi connectivity index (χ1v) is 14.6. The van der Waals surface area contributed by atoms with Crippen molar-refractivity contribution in [2.45, 2.75) is 0 Å². The van der Waals surface area contributed by atoms with Crippen LogP contribution >= 0.6 is 11.6 Å². The lowest BCUT2D eigenvalue weighted by molar-refractivity contribution is 0.607. The summed E-state index contributed by atoms with van der Waals surface area (Å²) < 4.78 is 29.2. The predicted molar refractivity (Wildman–Crippen MR) is 161 cm³/mol. The second-order valence-corrected chi connectivity index (χ2v) is 11.5. The molecular weight excluding hydrogens is 562 g/mol. The number of pyridine rings is 1. The maximum atomic E-state index is 13.9. The number of aromatic nitrogens is 5. The third-order valence-corrected chi connectivity index (χ3v) is 7.17. The van der Waals surface area contributed by atoms with Crippen LogP contribution in [0.2, 0.25) is 5.02 Å². The SMILES string of the molecule is CS(=O)(=O)Nc1cccc(-n2cnc3c(=O)n(-c4ccc(Cl)cc4)c(-c4ccc(-c5ccc(N)cn5)cc4)nc32)c1. The van der Waals surface area contributed by atoms with Crippen molar-refractivity contribution in [1.82, 2.24) is 24.1 Å². The zero-order chi connectivity index (χ0) is 28.7. The van der Waals surface area contributed by atoms with Crippen LogP contribution in [0.25, 0.3) is 45.2 Å². The Hall–Kier alpha value is -5.00. The summed E-state index contributed by atoms with van der Waals surface area (Å²) in [5.41, 5.74) is 10.3. The monoisotopic (exact) mass is 583 g/mol. The van der Waals surface area contributed by atoms with Crippen molar-refractivity contribution in [2.24, 2.45) is 0 Å². The Morgan fingerprint density at radius 1 is 0.878 bits per heavy atom. The van der Waals surface area contributed by atoms with Crippen molar-refractivity contribution >= 4 is 44.2 Å². The van der Waals surface area contributed by atoms with Gasteiger partial charge < -0.3 is 5.73 Å². The van der Waals surface area contributed by atoms with Gasteiger partial charge in [-0.05, 0) is 54.6 Å². The molecule has 0 radical (unpaired) electrons. The number of benzene rings is 3. The van der Waals surface area contributed by atoms with Gasteiger partial charge in [0.15, 0.2) is 11.2 Å². The summed E-state index contributed by atoms with van der Waals surface area (Å²) in [6, 6.07) is 24.8. The standard InChI is InChI=1S/C29H22ClN7O3S/c1-41(39,40)35-22-3-2-4-24(15-22)36-17-33-26-28(36)34-27(37(29(26)38)23-12-9-20(30)10-13-23)19-7-5-18(6-8-19)25-14-11-21(31)16-32-25/h2-17,35H,31H2,1H3. The minimum atomic E-state index is -3.48. The minimum absolute atomic E-state index is 0.146. The van der Waals surface area contributed by atoms with Crippen molar-refractivity contribution < 1.29 is 8.42 Å². The number of hydrogen-bond donors (Lipinski definition) is 2. The number of nitrogen functional groups attached to an aromatic ring is 1. The molecule has 0 fully saturated rings. The number of halogens is 1. The van der Waals surface area contributed by atoms with Crippen molar-refractivity contribution in [3.05, 3.63) is 113 Å². The number of sulfonamides is 1. The van der Waals surface area contributed by atoms with Crippen molar-refractivity contribution in [1.29, 1.82) is 0 Å². The number of fused-ring (bicyclic) bond motifs is 1. The van der Waals surface area contributed by atoms with Gasteiger partial charge in [-0.25, -0.2) is 18.4 Å². The summed E-state index contributed by atoms with van der Waals surface area (Å²) in [6.07, 6.45) is 4.16. The van der Waals surface area contributed by atoms with E-state index in [0.29, 0.717) is 44.8 Å². The molecule has 0 unspecified atom stereocenters. The molecule has 12 heteroatoms. The number of nitrogens with one attached hydrogen (secondary N) is 1. The normalized spacial score (nSPS) is 11.6. The van der Waals surface area contributed by atoms with Crippen LogP contribution in [0.4, 0.5) is 11.4 Å². The van der Waals surface area contributed by atoms with Crippen LogP contribution in [0.1, 0.15) is 0 Å². The van der Waals surface area contributed by atoms with Gasteiger partial charge in [0, 0.05) is 16.1 Å². The highest BCUT2D eigenvalue weighted by molar-refractivity contribution is 7.92. The number of nitrogens with two attached hydrogens (primary N) is 1. The van der Waals surface area contributed by atoms with Gasteiger partial charge in [0.2, 0.25) is 10.0 Å². The Kier molecular flexibility index (Phi) is 6.52. The lowest BCUT2D eigenvalue weighted by Crippen LogP contribution is -2.22. The van der Waals surface area contributed by atoms with Crippen LogP contribution in [0.3, 0.4) is 0 Å². The highest BCUT2D eigenvalue weighted by Gasteiger charge is 2.19. The van der Waals surface area contributed by atoms with E-state index in [0.717, 1.165) is 17.5 Å². The van der Waals surface area contributed by atoms with E-state index >= 15 is 0 Å². The average Bonchev–Trinajstić information content (AvgIpc) is 3.38. The van der Waals surface area contributed by atoms with Crippen LogP contribution in [0, 0.1) is 0 Å². The van der Waals surface area contributed by atoms with Gasteiger partial charge >= 0.3 is 0 Å². The fourth-order valence-corrected chi connectivity index (χ4v) is 5.14. The summed E-state index contributed by atoms with van der Waals surface area (Å²) >= 11 is 6.12. The van der Waals surface area contributed by atoms with Crippen molar-refractivity contribution in [3.8, 4) is 34.0 Å². The van der Waals surface area contributed by atoms with E-state index in [1.165, 1.54) is 10.9 Å². The Morgan fingerprint density at radius 3 is 2.29 bits per heavy atom. The first-order valence-electron chi connectivity index (χ1n) is 12.3. The van der Waals surface area contributed by atoms with Gasteiger partial charge in [0.05, 0.1) is 40.9 Å². The summed E-state index contributed by atoms with van der Waals surface area (Å²) in [5.74, 6) is 0.383. The molecule has 0 amide bonds. The Bertz CT molecular complexity index is 2070. The molecule has 41 heavy (non-hydrogen) atoms. The number of anilines is 2. The van der Waals surface area contributed by atoms with Crippen LogP contribution in [0.15, 0.2) is 102 Å². The molecule has 6 aromatic rings. The summed E-state index contributed by atoms with van der Waals surface area (Å²) in [6.45, 7) is 0. The zero-order valence-corrected chi connectivity index (χ0v) is 23.1. The molecule has 0 aliphatic rings. The van der Waals surface area contributed by atoms with E-state index in [1.54, 1.807) is 65.4 Å². The molecule has 6 rings (SSSR count). The van der Waals surface area contributed by atoms with Crippen molar-refractivity contribution in [3.63, 3.8) is 0 Å². The van der Waals surface area contributed by atoms with Gasteiger partial charge in [0.1, 0.15) is 12.2 Å². The number of rotatable bonds is 6. The fourth-order valence-electron chi connectivity index (χ4n) is 4.46. The lowest BCUT2D eigenvalue weighted by atomic mass is 10.1. The first-order chi connectivity index (χ1) is 19.7. The molecule has 0 aliphatic carbocycles. The maximum absolute atomic E-state index is 13.9. The maximum Gasteiger partial charge on any atom is 0.286 e. The van der Waals surface area contributed by atoms with Crippen LogP contribution < -0.4 is 16.0 Å². The average molecular weight is 584 g/mol. The first kappa shape index (κ1) is 26.2. The van der Waals surface area contributed by atoms with E-state index in [4.69, 9.17) is 22.3 Å². The lowest BCUT2D eigenvalue weighted by Gasteiger charge is -2.14. The smallest absolute Gasteiger partial charge is 0.286 e. The van der Waals surface area contributed by atoms with Gasteiger partial charge in [0.25, 0.3) is 5.56 Å². The molecule has 3 heterocycles. The summed E-state index contributed by atoms with van der Waals surface area (Å²) in [4.78, 5) is 27.6. The Labute approximate surface area is 239 Å². The molecule has 0 spiro atoms. The number of imidazole rings is 1. The van der Waals surface area contributed by atoms with Crippen LogP contribution in [-0.2, 0) is 10.0 Å². The molecule has 0 bridgehead atoms. The Balaban J connectivity index is 1.54. The quantitative estimate of drug-likeness (QED) is 0.284. The molecule has 10 nitrogen and oxygen atoms in total. The third-order valence-electron chi connectivity index (χ3n) is 6.31. The third kappa shape index (κ3) is 5.28. The molecule has 204 valence electrons. The highest BCUT2D eigenvalue weighted by atomic mass is 35.5. The summed E-state index contributed by atoms with van der Waals surface area (Å²) in [5, 5.41) is 0.532.